The third kappa shape index (κ3) is 2.24. The highest BCUT2D eigenvalue weighted by Gasteiger charge is 2.32. The summed E-state index contributed by atoms with van der Waals surface area (Å²) >= 11 is 1.44. The second kappa shape index (κ2) is 4.45. The first-order chi connectivity index (χ1) is 8.74. The lowest BCUT2D eigenvalue weighted by Crippen LogP contribution is -2.01. The summed E-state index contributed by atoms with van der Waals surface area (Å²) in [6, 6.07) is 1.83. The number of carbonyl (C=O) groups is 1. The molecule has 1 aliphatic carbocycles. The molecule has 1 saturated carbocycles. The van der Waals surface area contributed by atoms with Gasteiger partial charge in [0.2, 0.25) is 0 Å². The molecule has 2 aromatic heterocycles. The number of rotatable bonds is 5. The molecule has 6 heteroatoms. The topological polar surface area (TPSA) is 83.8 Å². The molecule has 18 heavy (non-hydrogen) atoms. The number of aromatic nitrogens is 2. The molecule has 2 aromatic rings. The molecule has 0 aromatic carbocycles. The van der Waals surface area contributed by atoms with Crippen LogP contribution in [0.2, 0.25) is 0 Å². The molecule has 1 aliphatic rings. The standard InChI is InChI=1S/C12H14N4OS/c13-9-3-10(14-4-7-5-15-16-6-7)18-12(9)11(17)8-1-2-8/h3,5-6,8,14H,1-2,4,13H2,(H,15,16). The van der Waals surface area contributed by atoms with Crippen LogP contribution < -0.4 is 11.1 Å². The average molecular weight is 262 g/mol. The maximum absolute atomic E-state index is 12.0. The molecule has 0 radical (unpaired) electrons. The summed E-state index contributed by atoms with van der Waals surface area (Å²) in [5, 5.41) is 10.8. The summed E-state index contributed by atoms with van der Waals surface area (Å²) in [7, 11) is 0. The second-order valence-electron chi connectivity index (χ2n) is 4.49. The quantitative estimate of drug-likeness (QED) is 0.722. The Hall–Kier alpha value is -1.82. The summed E-state index contributed by atoms with van der Waals surface area (Å²) < 4.78 is 0. The van der Waals surface area contributed by atoms with Gasteiger partial charge in [-0.25, -0.2) is 0 Å². The Kier molecular flexibility index (Phi) is 2.79. The number of nitrogens with two attached hydrogens (primary N) is 1. The van der Waals surface area contributed by atoms with Gasteiger partial charge in [-0.2, -0.15) is 5.10 Å². The minimum atomic E-state index is 0.203. The van der Waals surface area contributed by atoms with Gasteiger partial charge in [-0.3, -0.25) is 9.89 Å². The summed E-state index contributed by atoms with van der Waals surface area (Å²) in [6.07, 6.45) is 5.61. The van der Waals surface area contributed by atoms with Gasteiger partial charge in [0.15, 0.2) is 5.78 Å². The largest absolute Gasteiger partial charge is 0.397 e. The van der Waals surface area contributed by atoms with E-state index in [0.29, 0.717) is 17.1 Å². The Morgan fingerprint density at radius 2 is 2.44 bits per heavy atom. The van der Waals surface area contributed by atoms with Crippen molar-refractivity contribution in [3.05, 3.63) is 28.9 Å². The summed E-state index contributed by atoms with van der Waals surface area (Å²) in [5.74, 6) is 0.418. The van der Waals surface area contributed by atoms with E-state index >= 15 is 0 Å². The molecule has 94 valence electrons. The van der Waals surface area contributed by atoms with Gasteiger partial charge in [-0.1, -0.05) is 0 Å². The van der Waals surface area contributed by atoms with Gasteiger partial charge in [0.25, 0.3) is 0 Å². The predicted octanol–water partition coefficient (Wildman–Crippen LogP) is 2.26. The van der Waals surface area contributed by atoms with Crippen LogP contribution in [0.15, 0.2) is 18.5 Å². The Bertz CT molecular complexity index is 557. The zero-order chi connectivity index (χ0) is 12.5. The van der Waals surface area contributed by atoms with E-state index in [0.717, 1.165) is 23.4 Å². The number of nitrogens with zero attached hydrogens (tertiary/aromatic N) is 1. The zero-order valence-electron chi connectivity index (χ0n) is 9.77. The molecule has 0 amide bonds. The molecule has 0 unspecified atom stereocenters. The fourth-order valence-corrected chi connectivity index (χ4v) is 2.77. The number of ketones is 1. The summed E-state index contributed by atoms with van der Waals surface area (Å²) in [4.78, 5) is 12.7. The fraction of sp³-hybridized carbons (Fsp3) is 0.333. The maximum atomic E-state index is 12.0. The highest BCUT2D eigenvalue weighted by atomic mass is 32.1. The molecular weight excluding hydrogens is 248 g/mol. The SMILES string of the molecule is Nc1cc(NCc2cn[nH]c2)sc1C(=O)C1CC1. The lowest BCUT2D eigenvalue weighted by molar-refractivity contribution is 0.0972. The average Bonchev–Trinajstić information content (AvgIpc) is 2.95. The van der Waals surface area contributed by atoms with E-state index < -0.39 is 0 Å². The number of carbonyl (C=O) groups excluding carboxylic acids is 1. The lowest BCUT2D eigenvalue weighted by Gasteiger charge is -1.99. The third-order valence-electron chi connectivity index (χ3n) is 2.95. The van der Waals surface area contributed by atoms with Crippen LogP contribution in [0, 0.1) is 5.92 Å². The molecular formula is C12H14N4OS. The van der Waals surface area contributed by atoms with Crippen molar-refractivity contribution in [2.75, 3.05) is 11.1 Å². The first-order valence-corrected chi connectivity index (χ1v) is 6.71. The van der Waals surface area contributed by atoms with Crippen LogP contribution in [0.5, 0.6) is 0 Å². The van der Waals surface area contributed by atoms with Crippen molar-refractivity contribution in [1.29, 1.82) is 0 Å². The molecule has 0 saturated heterocycles. The Labute approximate surface area is 108 Å². The van der Waals surface area contributed by atoms with Crippen LogP contribution in [-0.4, -0.2) is 16.0 Å². The van der Waals surface area contributed by atoms with Crippen LogP contribution in [0.1, 0.15) is 28.1 Å². The van der Waals surface area contributed by atoms with Crippen molar-refractivity contribution in [2.24, 2.45) is 5.92 Å². The number of hydrogen-bond donors (Lipinski definition) is 3. The molecule has 4 N–H and O–H groups in total. The Morgan fingerprint density at radius 1 is 1.61 bits per heavy atom. The van der Waals surface area contributed by atoms with Crippen LogP contribution >= 0.6 is 11.3 Å². The molecule has 0 atom stereocenters. The van der Waals surface area contributed by atoms with E-state index in [9.17, 15) is 4.79 Å². The normalized spacial score (nSPS) is 14.7. The zero-order valence-corrected chi connectivity index (χ0v) is 10.6. The van der Waals surface area contributed by atoms with Crippen molar-refractivity contribution in [3.63, 3.8) is 0 Å². The molecule has 0 bridgehead atoms. The van der Waals surface area contributed by atoms with E-state index in [1.54, 1.807) is 6.20 Å². The van der Waals surface area contributed by atoms with Gasteiger partial charge < -0.3 is 11.1 Å². The predicted molar refractivity (Wildman–Crippen MR) is 71.7 cm³/mol. The molecule has 0 spiro atoms. The van der Waals surface area contributed by atoms with Gasteiger partial charge >= 0.3 is 0 Å². The van der Waals surface area contributed by atoms with E-state index in [4.69, 9.17) is 5.73 Å². The first kappa shape index (κ1) is 11.3. The van der Waals surface area contributed by atoms with E-state index in [-0.39, 0.29) is 11.7 Å². The number of nitrogen functional groups attached to an aromatic ring is 1. The van der Waals surface area contributed by atoms with Crippen molar-refractivity contribution in [3.8, 4) is 0 Å². The van der Waals surface area contributed by atoms with Crippen molar-refractivity contribution >= 4 is 27.8 Å². The Morgan fingerprint density at radius 3 is 3.11 bits per heavy atom. The summed E-state index contributed by atoms with van der Waals surface area (Å²) in [5.41, 5.74) is 7.54. The number of nitrogens with one attached hydrogen (secondary N) is 2. The number of thiophene rings is 1. The molecule has 0 aliphatic heterocycles. The number of anilines is 2. The van der Waals surface area contributed by atoms with Crippen molar-refractivity contribution < 1.29 is 4.79 Å². The minimum Gasteiger partial charge on any atom is -0.397 e. The van der Waals surface area contributed by atoms with E-state index in [1.807, 2.05) is 12.3 Å². The van der Waals surface area contributed by atoms with Crippen LogP contribution in [0.25, 0.3) is 0 Å². The lowest BCUT2D eigenvalue weighted by atomic mass is 10.2. The molecule has 3 rings (SSSR count). The number of aromatic amines is 1. The van der Waals surface area contributed by atoms with Crippen LogP contribution in [0.3, 0.4) is 0 Å². The molecule has 5 nitrogen and oxygen atoms in total. The van der Waals surface area contributed by atoms with Gasteiger partial charge in [-0.15, -0.1) is 11.3 Å². The highest BCUT2D eigenvalue weighted by molar-refractivity contribution is 7.18. The number of hydrogen-bond acceptors (Lipinski definition) is 5. The monoisotopic (exact) mass is 262 g/mol. The third-order valence-corrected chi connectivity index (χ3v) is 4.08. The smallest absolute Gasteiger partial charge is 0.178 e. The second-order valence-corrected chi connectivity index (χ2v) is 5.55. The van der Waals surface area contributed by atoms with Gasteiger partial charge in [0, 0.05) is 24.2 Å². The maximum Gasteiger partial charge on any atom is 0.178 e. The number of Topliss-reactive ketones (excluding diaryl/α,β-unsaturated/α-hetero) is 1. The van der Waals surface area contributed by atoms with Crippen LogP contribution in [-0.2, 0) is 6.54 Å². The minimum absolute atomic E-state index is 0.203. The summed E-state index contributed by atoms with van der Waals surface area (Å²) in [6.45, 7) is 0.674. The van der Waals surface area contributed by atoms with Gasteiger partial charge in [0.05, 0.1) is 21.8 Å². The molecule has 2 heterocycles. The molecule has 1 fully saturated rings. The fourth-order valence-electron chi connectivity index (χ4n) is 1.78. The van der Waals surface area contributed by atoms with Crippen molar-refractivity contribution in [2.45, 2.75) is 19.4 Å². The van der Waals surface area contributed by atoms with Gasteiger partial charge in [0.1, 0.15) is 0 Å². The number of H-pyrrole nitrogens is 1. The first-order valence-electron chi connectivity index (χ1n) is 5.89. The van der Waals surface area contributed by atoms with Gasteiger partial charge in [-0.05, 0) is 18.9 Å². The van der Waals surface area contributed by atoms with Crippen molar-refractivity contribution in [1.82, 2.24) is 10.2 Å². The Balaban J connectivity index is 1.69. The highest BCUT2D eigenvalue weighted by Crippen LogP contribution is 2.38. The van der Waals surface area contributed by atoms with E-state index in [1.165, 1.54) is 11.3 Å². The van der Waals surface area contributed by atoms with E-state index in [2.05, 4.69) is 15.5 Å². The van der Waals surface area contributed by atoms with Crippen LogP contribution in [0.4, 0.5) is 10.7 Å².